The van der Waals surface area contributed by atoms with Crippen molar-refractivity contribution < 1.29 is 19.4 Å². The number of pyridine rings is 1. The third kappa shape index (κ3) is 4.37. The second-order valence-electron chi connectivity index (χ2n) is 8.38. The van der Waals surface area contributed by atoms with Crippen molar-refractivity contribution in [1.29, 1.82) is 0 Å². The SMILES string of the molecule is COCCCOc1cc2c(cc1Cl)-c1cc(=O)c(C(=O)O)cn1[C@H]1CCCCCC[C@@H]21. The molecule has 0 bridgehead atoms. The highest BCUT2D eigenvalue weighted by Gasteiger charge is 2.35. The van der Waals surface area contributed by atoms with Gasteiger partial charge in [-0.05, 0) is 30.5 Å². The summed E-state index contributed by atoms with van der Waals surface area (Å²) in [6, 6.07) is 5.46. The molecule has 0 amide bonds. The number of aromatic carboxylic acids is 1. The maximum absolute atomic E-state index is 12.5. The van der Waals surface area contributed by atoms with Gasteiger partial charge in [-0.2, -0.15) is 0 Å². The lowest BCUT2D eigenvalue weighted by atomic mass is 9.76. The van der Waals surface area contributed by atoms with Gasteiger partial charge in [0.2, 0.25) is 0 Å². The monoisotopic (exact) mass is 445 g/mol. The van der Waals surface area contributed by atoms with E-state index in [2.05, 4.69) is 0 Å². The van der Waals surface area contributed by atoms with Crippen molar-refractivity contribution in [2.75, 3.05) is 20.3 Å². The lowest BCUT2D eigenvalue weighted by molar-refractivity contribution is 0.0694. The summed E-state index contributed by atoms with van der Waals surface area (Å²) in [5, 5.41) is 9.99. The first-order chi connectivity index (χ1) is 15.0. The Morgan fingerprint density at radius 1 is 1.16 bits per heavy atom. The zero-order chi connectivity index (χ0) is 22.0. The Balaban J connectivity index is 1.83. The van der Waals surface area contributed by atoms with Crippen LogP contribution in [0, 0.1) is 0 Å². The zero-order valence-electron chi connectivity index (χ0n) is 17.7. The van der Waals surface area contributed by atoms with Crippen LogP contribution in [0.25, 0.3) is 11.3 Å². The molecule has 1 aliphatic carbocycles. The van der Waals surface area contributed by atoms with Crippen molar-refractivity contribution in [3.05, 3.63) is 50.8 Å². The summed E-state index contributed by atoms with van der Waals surface area (Å²) in [6.07, 6.45) is 8.84. The number of aromatic nitrogens is 1. The Morgan fingerprint density at radius 2 is 1.94 bits per heavy atom. The summed E-state index contributed by atoms with van der Waals surface area (Å²) < 4.78 is 13.0. The number of methoxy groups -OCH3 is 1. The maximum Gasteiger partial charge on any atom is 0.341 e. The molecule has 1 aliphatic heterocycles. The highest BCUT2D eigenvalue weighted by molar-refractivity contribution is 6.32. The molecule has 1 aromatic carbocycles. The Bertz CT molecular complexity index is 1030. The van der Waals surface area contributed by atoms with Gasteiger partial charge in [0.05, 0.1) is 17.3 Å². The number of hydrogen-bond acceptors (Lipinski definition) is 4. The topological polar surface area (TPSA) is 77.8 Å². The number of rotatable bonds is 6. The fourth-order valence-electron chi connectivity index (χ4n) is 4.95. The predicted octanol–water partition coefficient (Wildman–Crippen LogP) is 5.27. The number of ether oxygens (including phenoxy) is 2. The van der Waals surface area contributed by atoms with Crippen LogP contribution < -0.4 is 10.2 Å². The van der Waals surface area contributed by atoms with Crippen molar-refractivity contribution in [3.8, 4) is 17.0 Å². The molecule has 31 heavy (non-hydrogen) atoms. The molecule has 6 nitrogen and oxygen atoms in total. The van der Waals surface area contributed by atoms with Crippen LogP contribution in [0.1, 0.15) is 72.8 Å². The fourth-order valence-corrected chi connectivity index (χ4v) is 5.17. The van der Waals surface area contributed by atoms with Gasteiger partial charge in [0.1, 0.15) is 11.3 Å². The minimum Gasteiger partial charge on any atom is -0.492 e. The van der Waals surface area contributed by atoms with Crippen molar-refractivity contribution in [2.45, 2.75) is 56.9 Å². The third-order valence-corrected chi connectivity index (χ3v) is 6.72. The van der Waals surface area contributed by atoms with Gasteiger partial charge in [0.15, 0.2) is 5.43 Å². The molecule has 7 heteroatoms. The Kier molecular flexibility index (Phi) is 6.68. The molecule has 2 aliphatic rings. The number of halogens is 1. The smallest absolute Gasteiger partial charge is 0.341 e. The molecule has 0 spiro atoms. The van der Waals surface area contributed by atoms with E-state index in [1.165, 1.54) is 25.1 Å². The van der Waals surface area contributed by atoms with Crippen molar-refractivity contribution >= 4 is 17.6 Å². The summed E-state index contributed by atoms with van der Waals surface area (Å²) >= 11 is 6.56. The molecule has 0 unspecified atom stereocenters. The van der Waals surface area contributed by atoms with Crippen LogP contribution in [0.3, 0.4) is 0 Å². The molecule has 2 atom stereocenters. The van der Waals surface area contributed by atoms with E-state index >= 15 is 0 Å². The Morgan fingerprint density at radius 3 is 2.68 bits per heavy atom. The third-order valence-electron chi connectivity index (χ3n) is 6.43. The summed E-state index contributed by atoms with van der Waals surface area (Å²) in [7, 11) is 1.66. The first-order valence-electron chi connectivity index (χ1n) is 11.0. The molecule has 1 N–H and O–H groups in total. The van der Waals surface area contributed by atoms with Crippen LogP contribution in [-0.4, -0.2) is 36.0 Å². The van der Waals surface area contributed by atoms with Gasteiger partial charge in [0.25, 0.3) is 0 Å². The molecule has 4 rings (SSSR count). The molecule has 0 radical (unpaired) electrons. The fraction of sp³-hybridized carbons (Fsp3) is 0.500. The average Bonchev–Trinajstić information content (AvgIpc) is 2.72. The summed E-state index contributed by atoms with van der Waals surface area (Å²) in [6.45, 7) is 1.13. The molecule has 2 aromatic rings. The van der Waals surface area contributed by atoms with Gasteiger partial charge in [-0.1, -0.05) is 37.3 Å². The van der Waals surface area contributed by atoms with Crippen LogP contribution in [-0.2, 0) is 4.74 Å². The molecular formula is C24H28ClNO5. The highest BCUT2D eigenvalue weighted by Crippen LogP contribution is 2.50. The minimum absolute atomic E-state index is 0.115. The Hall–Kier alpha value is -2.31. The molecule has 2 heterocycles. The first kappa shape index (κ1) is 21.9. The van der Waals surface area contributed by atoms with E-state index in [9.17, 15) is 14.7 Å². The molecule has 0 saturated heterocycles. The second-order valence-corrected chi connectivity index (χ2v) is 8.79. The molecule has 1 aromatic heterocycles. The van der Waals surface area contributed by atoms with Gasteiger partial charge in [-0.15, -0.1) is 0 Å². The van der Waals surface area contributed by atoms with E-state index in [0.717, 1.165) is 48.9 Å². The number of carboxylic acid groups (broad SMARTS) is 1. The van der Waals surface area contributed by atoms with E-state index < -0.39 is 11.4 Å². The van der Waals surface area contributed by atoms with Crippen LogP contribution in [0.4, 0.5) is 0 Å². The number of fused-ring (bicyclic) bond motifs is 6. The van der Waals surface area contributed by atoms with Gasteiger partial charge < -0.3 is 19.1 Å². The molecule has 1 fully saturated rings. The average molecular weight is 446 g/mol. The van der Waals surface area contributed by atoms with E-state index in [1.54, 1.807) is 7.11 Å². The van der Waals surface area contributed by atoms with Crippen molar-refractivity contribution in [1.82, 2.24) is 4.57 Å². The maximum atomic E-state index is 12.5. The van der Waals surface area contributed by atoms with Crippen LogP contribution in [0.15, 0.2) is 29.2 Å². The van der Waals surface area contributed by atoms with Crippen LogP contribution in [0.5, 0.6) is 5.75 Å². The van der Waals surface area contributed by atoms with E-state index in [-0.39, 0.29) is 17.5 Å². The number of nitrogens with zero attached hydrogens (tertiary/aromatic N) is 1. The van der Waals surface area contributed by atoms with Gasteiger partial charge in [-0.25, -0.2) is 4.79 Å². The number of carboxylic acids is 1. The standard InChI is InChI=1S/C24H28ClNO5/c1-30-9-6-10-31-23-12-16-15-7-4-2-3-5-8-20(15)26-14-18(24(28)29)22(27)13-21(26)17(16)11-19(23)25/h11-15,20H,2-10H2,1H3,(H,28,29)/t15-,20-/m0/s1. The van der Waals surface area contributed by atoms with Crippen molar-refractivity contribution in [3.63, 3.8) is 0 Å². The predicted molar refractivity (Wildman–Crippen MR) is 120 cm³/mol. The summed E-state index contributed by atoms with van der Waals surface area (Å²) in [4.78, 5) is 24.1. The number of carbonyl (C=O) groups is 1. The lowest BCUT2D eigenvalue weighted by Crippen LogP contribution is -2.29. The van der Waals surface area contributed by atoms with Gasteiger partial charge in [-0.3, -0.25) is 4.79 Å². The number of hydrogen-bond donors (Lipinski definition) is 1. The van der Waals surface area contributed by atoms with Crippen molar-refractivity contribution in [2.24, 2.45) is 0 Å². The number of benzene rings is 1. The normalized spacial score (nSPS) is 20.1. The largest absolute Gasteiger partial charge is 0.492 e. The molecule has 166 valence electrons. The summed E-state index contributed by atoms with van der Waals surface area (Å²) in [5.74, 6) is -0.313. The second kappa shape index (κ2) is 9.45. The lowest BCUT2D eigenvalue weighted by Gasteiger charge is -2.39. The van der Waals surface area contributed by atoms with Crippen LogP contribution in [0.2, 0.25) is 5.02 Å². The minimum atomic E-state index is -1.19. The van der Waals surface area contributed by atoms with Gasteiger partial charge >= 0.3 is 5.97 Å². The van der Waals surface area contributed by atoms with Crippen LogP contribution >= 0.6 is 11.6 Å². The Labute approximate surface area is 186 Å². The van der Waals surface area contributed by atoms with Gasteiger partial charge in [0, 0.05) is 49.9 Å². The van der Waals surface area contributed by atoms with E-state index in [4.69, 9.17) is 21.1 Å². The molecular weight excluding hydrogens is 418 g/mol. The van der Waals surface area contributed by atoms with E-state index in [0.29, 0.717) is 24.0 Å². The molecule has 1 saturated carbocycles. The van der Waals surface area contributed by atoms with E-state index in [1.807, 2.05) is 16.7 Å². The summed E-state index contributed by atoms with van der Waals surface area (Å²) in [5.41, 5.74) is 2.10. The zero-order valence-corrected chi connectivity index (χ0v) is 18.5. The quantitative estimate of drug-likeness (QED) is 0.612. The highest BCUT2D eigenvalue weighted by atomic mass is 35.5. The first-order valence-corrected chi connectivity index (χ1v) is 11.3.